The van der Waals surface area contributed by atoms with Crippen molar-refractivity contribution in [2.75, 3.05) is 0 Å². The molecule has 6 rings (SSSR count). The molecule has 6 heteroatoms. The first-order chi connectivity index (χ1) is 14.9. The van der Waals surface area contributed by atoms with Gasteiger partial charge in [-0.15, -0.1) is 0 Å². The molecule has 5 aliphatic rings. The van der Waals surface area contributed by atoms with Crippen LogP contribution in [0.3, 0.4) is 0 Å². The summed E-state index contributed by atoms with van der Waals surface area (Å²) in [5.41, 5.74) is -2.68. The average Bonchev–Trinajstić information content (AvgIpc) is 3.30. The van der Waals surface area contributed by atoms with Crippen molar-refractivity contribution in [2.24, 2.45) is 33.5 Å². The average molecular weight is 439 g/mol. The molecule has 0 N–H and O–H groups in total. The predicted molar refractivity (Wildman–Crippen MR) is 113 cm³/mol. The Bertz CT molecular complexity index is 1080. The Hall–Kier alpha value is -2.21. The van der Waals surface area contributed by atoms with Crippen LogP contribution in [0.4, 0.5) is 0 Å². The zero-order chi connectivity index (χ0) is 22.9. The highest BCUT2D eigenvalue weighted by molar-refractivity contribution is 6.01. The number of rotatable bonds is 1. The minimum atomic E-state index is -0.975. The van der Waals surface area contributed by atoms with Gasteiger partial charge in [0.15, 0.2) is 11.9 Å². The summed E-state index contributed by atoms with van der Waals surface area (Å²) in [5, 5.41) is 0. The highest BCUT2D eigenvalue weighted by Gasteiger charge is 2.88. The van der Waals surface area contributed by atoms with Crippen LogP contribution in [0.1, 0.15) is 65.5 Å². The molecule has 1 aromatic rings. The van der Waals surface area contributed by atoms with Crippen molar-refractivity contribution in [1.29, 1.82) is 0 Å². The van der Waals surface area contributed by atoms with Gasteiger partial charge in [0.05, 0.1) is 17.9 Å². The molecule has 0 bridgehead atoms. The van der Waals surface area contributed by atoms with E-state index in [4.69, 9.17) is 13.9 Å². The third-order valence-corrected chi connectivity index (χ3v) is 10.3. The van der Waals surface area contributed by atoms with Gasteiger partial charge in [0.1, 0.15) is 17.5 Å². The lowest BCUT2D eigenvalue weighted by molar-refractivity contribution is -0.213. The second-order valence-electron chi connectivity index (χ2n) is 11.8. The molecule has 0 amide bonds. The maximum Gasteiger partial charge on any atom is 0.339 e. The number of ether oxygens (including phenoxy) is 2. The summed E-state index contributed by atoms with van der Waals surface area (Å²) in [6.07, 6.45) is 7.23. The van der Waals surface area contributed by atoms with Crippen LogP contribution in [-0.4, -0.2) is 29.2 Å². The lowest BCUT2D eigenvalue weighted by Gasteiger charge is -2.65. The lowest BCUT2D eigenvalue weighted by atomic mass is 9.36. The molecule has 32 heavy (non-hydrogen) atoms. The molecule has 2 aliphatic heterocycles. The van der Waals surface area contributed by atoms with Crippen LogP contribution < -0.4 is 0 Å². The van der Waals surface area contributed by atoms with Crippen molar-refractivity contribution in [3.63, 3.8) is 0 Å². The first-order valence-corrected chi connectivity index (χ1v) is 11.6. The van der Waals surface area contributed by atoms with Gasteiger partial charge in [-0.05, 0) is 49.2 Å². The van der Waals surface area contributed by atoms with E-state index in [-0.39, 0.29) is 28.8 Å². The molecular formula is C26H30O6. The van der Waals surface area contributed by atoms with Crippen LogP contribution in [0.15, 0.2) is 35.2 Å². The summed E-state index contributed by atoms with van der Waals surface area (Å²) < 4.78 is 17.5. The summed E-state index contributed by atoms with van der Waals surface area (Å²) in [6.45, 7) is 10.3. The zero-order valence-corrected chi connectivity index (χ0v) is 19.3. The van der Waals surface area contributed by atoms with Crippen molar-refractivity contribution in [3.8, 4) is 0 Å². The molecule has 3 aliphatic carbocycles. The number of carbonyl (C=O) groups is 3. The van der Waals surface area contributed by atoms with Gasteiger partial charge in [0, 0.05) is 22.8 Å². The molecule has 8 atom stereocenters. The third-order valence-electron chi connectivity index (χ3n) is 10.3. The van der Waals surface area contributed by atoms with Crippen molar-refractivity contribution in [2.45, 2.75) is 71.7 Å². The van der Waals surface area contributed by atoms with Gasteiger partial charge in [-0.3, -0.25) is 9.59 Å². The van der Waals surface area contributed by atoms with Gasteiger partial charge in [0.2, 0.25) is 0 Å². The van der Waals surface area contributed by atoms with Gasteiger partial charge in [0.25, 0.3) is 0 Å². The fourth-order valence-electron chi connectivity index (χ4n) is 8.58. The van der Waals surface area contributed by atoms with E-state index in [0.717, 1.165) is 5.56 Å². The predicted octanol–water partition coefficient (Wildman–Crippen LogP) is 4.20. The number of carbonyl (C=O) groups excluding carboxylic acids is 3. The smallest absolute Gasteiger partial charge is 0.339 e. The van der Waals surface area contributed by atoms with Gasteiger partial charge in [-0.25, -0.2) is 4.79 Å². The number of hydrogen-bond acceptors (Lipinski definition) is 6. The molecule has 170 valence electrons. The van der Waals surface area contributed by atoms with Gasteiger partial charge < -0.3 is 13.9 Å². The second kappa shape index (κ2) is 5.64. The molecule has 4 fully saturated rings. The number of epoxide rings is 1. The summed E-state index contributed by atoms with van der Waals surface area (Å²) in [5.74, 6) is -0.503. The Morgan fingerprint density at radius 3 is 2.44 bits per heavy atom. The summed E-state index contributed by atoms with van der Waals surface area (Å²) in [6, 6.07) is 1.81. The van der Waals surface area contributed by atoms with Crippen LogP contribution in [0.5, 0.6) is 0 Å². The van der Waals surface area contributed by atoms with Gasteiger partial charge in [-0.2, -0.15) is 0 Å². The van der Waals surface area contributed by atoms with Crippen LogP contribution in [0.25, 0.3) is 0 Å². The van der Waals surface area contributed by atoms with E-state index in [1.807, 2.05) is 26.0 Å². The minimum Gasteiger partial charge on any atom is -0.472 e. The number of ketones is 2. The molecule has 1 aromatic heterocycles. The molecule has 3 heterocycles. The Morgan fingerprint density at radius 2 is 1.75 bits per heavy atom. The van der Waals surface area contributed by atoms with E-state index < -0.39 is 40.0 Å². The first kappa shape index (κ1) is 20.4. The van der Waals surface area contributed by atoms with Crippen LogP contribution >= 0.6 is 0 Å². The fraction of sp³-hybridized carbons (Fsp3) is 0.654. The van der Waals surface area contributed by atoms with E-state index in [0.29, 0.717) is 19.3 Å². The van der Waals surface area contributed by atoms with Crippen LogP contribution in [0, 0.1) is 33.5 Å². The topological polar surface area (TPSA) is 86.1 Å². The quantitative estimate of drug-likeness (QED) is 0.483. The second-order valence-corrected chi connectivity index (χ2v) is 11.8. The van der Waals surface area contributed by atoms with Crippen LogP contribution in [0.2, 0.25) is 0 Å². The van der Waals surface area contributed by atoms with Crippen molar-refractivity contribution < 1.29 is 28.3 Å². The number of hydrogen-bond donors (Lipinski definition) is 0. The van der Waals surface area contributed by atoms with E-state index in [9.17, 15) is 14.4 Å². The Kier molecular flexibility index (Phi) is 3.60. The summed E-state index contributed by atoms with van der Waals surface area (Å²) in [4.78, 5) is 40.6. The number of fused-ring (bicyclic) bond motifs is 3. The Morgan fingerprint density at radius 1 is 1.00 bits per heavy atom. The number of cyclic esters (lactones) is 1. The molecule has 6 nitrogen and oxygen atoms in total. The highest BCUT2D eigenvalue weighted by atomic mass is 16.7. The highest BCUT2D eigenvalue weighted by Crippen LogP contribution is 2.78. The minimum absolute atomic E-state index is 0.0729. The standard InChI is InChI=1S/C26H30O6/c1-22(2)9-7-17(27)24(4)15-6-10-23(3)19(14-8-11-30-13-14)31-21(29)20-26(23,32-20)25(15,5)18(28)12-16(22)24/h7-9,11,13,15-16,19-20H,6,10,12H2,1-5H3/t15?,16?,19?,20?,23-,24-,25-,26?/m0/s1. The summed E-state index contributed by atoms with van der Waals surface area (Å²) >= 11 is 0. The fourth-order valence-corrected chi connectivity index (χ4v) is 8.58. The van der Waals surface area contributed by atoms with Crippen molar-refractivity contribution >= 4 is 17.5 Å². The van der Waals surface area contributed by atoms with E-state index >= 15 is 0 Å². The van der Waals surface area contributed by atoms with E-state index in [2.05, 4.69) is 20.8 Å². The normalized spacial score (nSPS) is 50.6. The van der Waals surface area contributed by atoms with E-state index in [1.54, 1.807) is 18.6 Å². The van der Waals surface area contributed by atoms with E-state index in [1.165, 1.54) is 0 Å². The SMILES string of the molecule is CC1(C)C=CC(=O)[C@]2(C)C1CC(=O)[C@]1(C)C2CC[C@@]2(C)C(c3ccoc3)OC(=O)C3OC321. The number of Topliss-reactive ketones (excluding diaryl/α,β-unsaturated/α-hetero) is 1. The largest absolute Gasteiger partial charge is 0.472 e. The molecule has 0 radical (unpaired) electrons. The molecule has 1 spiro atoms. The summed E-state index contributed by atoms with van der Waals surface area (Å²) in [7, 11) is 0. The monoisotopic (exact) mass is 438 g/mol. The van der Waals surface area contributed by atoms with Crippen molar-refractivity contribution in [1.82, 2.24) is 0 Å². The third kappa shape index (κ3) is 1.92. The van der Waals surface area contributed by atoms with Gasteiger partial charge in [-0.1, -0.05) is 33.8 Å². The van der Waals surface area contributed by atoms with Gasteiger partial charge >= 0.3 is 5.97 Å². The Labute approximate surface area is 187 Å². The van der Waals surface area contributed by atoms with Crippen LogP contribution in [-0.2, 0) is 23.9 Å². The zero-order valence-electron chi connectivity index (χ0n) is 19.3. The molecule has 0 aromatic carbocycles. The maximum absolute atomic E-state index is 14.1. The van der Waals surface area contributed by atoms with Crippen molar-refractivity contribution in [3.05, 3.63) is 36.3 Å². The number of furan rings is 1. The maximum atomic E-state index is 14.1. The Balaban J connectivity index is 1.54. The molecule has 2 saturated carbocycles. The molecular weight excluding hydrogens is 408 g/mol. The number of allylic oxidation sites excluding steroid dienone is 2. The first-order valence-electron chi connectivity index (χ1n) is 11.6. The lowest BCUT2D eigenvalue weighted by Crippen LogP contribution is -2.72. The molecule has 5 unspecified atom stereocenters. The molecule has 2 saturated heterocycles. The number of esters is 1.